The molecule has 0 atom stereocenters. The van der Waals surface area contributed by atoms with Crippen LogP contribution in [0.15, 0.2) is 79.4 Å². The zero-order valence-electron chi connectivity index (χ0n) is 19.0. The Hall–Kier alpha value is -4.13. The molecule has 1 aromatic heterocycles. The SMILES string of the molecule is C=CCc1ccc(OCCn2c(CNC(=O)c3ccccc3F)nc3ccccc32)c(OC)c1. The number of allylic oxidation sites excluding steroid dienone is 1. The summed E-state index contributed by atoms with van der Waals surface area (Å²) in [5.74, 6) is 0.913. The molecule has 0 radical (unpaired) electrons. The van der Waals surface area contributed by atoms with Crippen LogP contribution in [0.2, 0.25) is 0 Å². The highest BCUT2D eigenvalue weighted by molar-refractivity contribution is 5.94. The molecule has 0 spiro atoms. The van der Waals surface area contributed by atoms with Gasteiger partial charge in [-0.1, -0.05) is 36.4 Å². The number of fused-ring (bicyclic) bond motifs is 1. The second-order valence-electron chi connectivity index (χ2n) is 7.66. The van der Waals surface area contributed by atoms with Crippen LogP contribution in [0.25, 0.3) is 11.0 Å². The summed E-state index contributed by atoms with van der Waals surface area (Å²) in [4.78, 5) is 17.1. The average molecular weight is 460 g/mol. The lowest BCUT2D eigenvalue weighted by atomic mass is 10.1. The Kier molecular flexibility index (Phi) is 7.22. The van der Waals surface area contributed by atoms with Gasteiger partial charge in [0.05, 0.1) is 36.8 Å². The first kappa shape index (κ1) is 23.0. The summed E-state index contributed by atoms with van der Waals surface area (Å²) < 4.78 is 27.4. The van der Waals surface area contributed by atoms with Gasteiger partial charge in [-0.15, -0.1) is 6.58 Å². The molecule has 0 unspecified atom stereocenters. The normalized spacial score (nSPS) is 10.8. The second-order valence-corrected chi connectivity index (χ2v) is 7.66. The highest BCUT2D eigenvalue weighted by atomic mass is 19.1. The second kappa shape index (κ2) is 10.7. The summed E-state index contributed by atoms with van der Waals surface area (Å²) in [6.07, 6.45) is 2.59. The Labute approximate surface area is 197 Å². The van der Waals surface area contributed by atoms with E-state index >= 15 is 0 Å². The number of halogens is 1. The molecule has 0 saturated heterocycles. The number of carbonyl (C=O) groups excluding carboxylic acids is 1. The quantitative estimate of drug-likeness (QED) is 0.342. The van der Waals surface area contributed by atoms with Crippen molar-refractivity contribution in [3.63, 3.8) is 0 Å². The van der Waals surface area contributed by atoms with Gasteiger partial charge in [-0.3, -0.25) is 4.79 Å². The predicted octanol–water partition coefficient (Wildman–Crippen LogP) is 4.92. The third kappa shape index (κ3) is 5.09. The molecule has 3 aromatic carbocycles. The first-order valence-electron chi connectivity index (χ1n) is 11.0. The number of nitrogens with one attached hydrogen (secondary N) is 1. The van der Waals surface area contributed by atoms with E-state index in [0.717, 1.165) is 23.0 Å². The van der Waals surface area contributed by atoms with Gasteiger partial charge >= 0.3 is 0 Å². The predicted molar refractivity (Wildman–Crippen MR) is 130 cm³/mol. The average Bonchev–Trinajstić information content (AvgIpc) is 3.21. The third-order valence-electron chi connectivity index (χ3n) is 5.44. The fraction of sp³-hybridized carbons (Fsp3) is 0.185. The molecule has 6 nitrogen and oxygen atoms in total. The molecule has 1 amide bonds. The topological polar surface area (TPSA) is 65.4 Å². The smallest absolute Gasteiger partial charge is 0.254 e. The van der Waals surface area contributed by atoms with E-state index in [1.807, 2.05) is 53.1 Å². The van der Waals surface area contributed by atoms with E-state index in [9.17, 15) is 9.18 Å². The maximum Gasteiger partial charge on any atom is 0.254 e. The van der Waals surface area contributed by atoms with Crippen molar-refractivity contribution < 1.29 is 18.7 Å². The number of rotatable bonds is 10. The van der Waals surface area contributed by atoms with Crippen LogP contribution in [0.1, 0.15) is 21.7 Å². The monoisotopic (exact) mass is 459 g/mol. The first-order valence-corrected chi connectivity index (χ1v) is 11.0. The molecule has 0 fully saturated rings. The summed E-state index contributed by atoms with van der Waals surface area (Å²) in [5, 5.41) is 2.77. The number of para-hydroxylation sites is 2. The molecule has 174 valence electrons. The molecule has 34 heavy (non-hydrogen) atoms. The van der Waals surface area contributed by atoms with Crippen LogP contribution in [-0.2, 0) is 19.5 Å². The molecule has 4 aromatic rings. The fourth-order valence-corrected chi connectivity index (χ4v) is 3.78. The molecule has 0 saturated carbocycles. The van der Waals surface area contributed by atoms with Crippen LogP contribution in [-0.4, -0.2) is 29.2 Å². The minimum absolute atomic E-state index is 0.000454. The number of nitrogens with zero attached hydrogens (tertiary/aromatic N) is 2. The molecule has 7 heteroatoms. The van der Waals surface area contributed by atoms with Crippen LogP contribution >= 0.6 is 0 Å². The number of aromatic nitrogens is 2. The van der Waals surface area contributed by atoms with E-state index in [4.69, 9.17) is 9.47 Å². The minimum atomic E-state index is -0.560. The van der Waals surface area contributed by atoms with Crippen LogP contribution in [0.3, 0.4) is 0 Å². The van der Waals surface area contributed by atoms with Gasteiger partial charge in [0.1, 0.15) is 18.2 Å². The minimum Gasteiger partial charge on any atom is -0.493 e. The van der Waals surface area contributed by atoms with Crippen molar-refractivity contribution >= 4 is 16.9 Å². The Morgan fingerprint density at radius 2 is 1.91 bits per heavy atom. The number of carbonyl (C=O) groups is 1. The van der Waals surface area contributed by atoms with Gasteiger partial charge in [0.15, 0.2) is 11.5 Å². The number of hydrogen-bond acceptors (Lipinski definition) is 4. The van der Waals surface area contributed by atoms with Gasteiger partial charge in [0.2, 0.25) is 0 Å². The lowest BCUT2D eigenvalue weighted by Gasteiger charge is -2.14. The summed E-state index contributed by atoms with van der Waals surface area (Å²) in [6.45, 7) is 4.79. The van der Waals surface area contributed by atoms with Crippen molar-refractivity contribution in [2.45, 2.75) is 19.5 Å². The van der Waals surface area contributed by atoms with Gasteiger partial charge in [0, 0.05) is 0 Å². The maximum atomic E-state index is 14.0. The van der Waals surface area contributed by atoms with Gasteiger partial charge in [-0.25, -0.2) is 9.37 Å². The van der Waals surface area contributed by atoms with Crippen molar-refractivity contribution in [3.05, 3.63) is 102 Å². The Morgan fingerprint density at radius 3 is 2.71 bits per heavy atom. The number of methoxy groups -OCH3 is 1. The molecule has 0 aliphatic heterocycles. The van der Waals surface area contributed by atoms with Gasteiger partial charge in [-0.2, -0.15) is 0 Å². The molecule has 0 bridgehead atoms. The number of benzene rings is 3. The van der Waals surface area contributed by atoms with Crippen molar-refractivity contribution in [1.29, 1.82) is 0 Å². The highest BCUT2D eigenvalue weighted by Gasteiger charge is 2.15. The van der Waals surface area contributed by atoms with Crippen LogP contribution in [0, 0.1) is 5.82 Å². The maximum absolute atomic E-state index is 14.0. The number of imidazole rings is 1. The number of hydrogen-bond donors (Lipinski definition) is 1. The highest BCUT2D eigenvalue weighted by Crippen LogP contribution is 2.28. The van der Waals surface area contributed by atoms with Gasteiger partial charge in [0.25, 0.3) is 5.91 Å². The van der Waals surface area contributed by atoms with E-state index in [2.05, 4.69) is 16.9 Å². The molecule has 0 aliphatic carbocycles. The lowest BCUT2D eigenvalue weighted by Crippen LogP contribution is -2.26. The van der Waals surface area contributed by atoms with Crippen LogP contribution < -0.4 is 14.8 Å². The standard InChI is InChI=1S/C27H26FN3O3/c1-3-8-19-13-14-24(25(17-19)33-2)34-16-15-31-23-12-7-6-11-22(23)30-26(31)18-29-27(32)20-9-4-5-10-21(20)28/h3-7,9-14,17H,1,8,15-16,18H2,2H3,(H,29,32). The lowest BCUT2D eigenvalue weighted by molar-refractivity contribution is 0.0945. The first-order chi connectivity index (χ1) is 16.6. The van der Waals surface area contributed by atoms with E-state index in [-0.39, 0.29) is 12.1 Å². The Bertz CT molecular complexity index is 1320. The third-order valence-corrected chi connectivity index (χ3v) is 5.44. The molecule has 0 aliphatic rings. The van der Waals surface area contributed by atoms with Crippen molar-refractivity contribution in [2.75, 3.05) is 13.7 Å². The summed E-state index contributed by atoms with van der Waals surface area (Å²) in [5.41, 5.74) is 2.83. The van der Waals surface area contributed by atoms with E-state index in [0.29, 0.717) is 30.5 Å². The summed E-state index contributed by atoms with van der Waals surface area (Å²) in [6, 6.07) is 19.4. The van der Waals surface area contributed by atoms with Gasteiger partial charge in [-0.05, 0) is 48.4 Å². The Balaban J connectivity index is 1.49. The van der Waals surface area contributed by atoms with Crippen molar-refractivity contribution in [3.8, 4) is 11.5 Å². The number of amides is 1. The molecule has 1 N–H and O–H groups in total. The molecular formula is C27H26FN3O3. The molecular weight excluding hydrogens is 433 g/mol. The van der Waals surface area contributed by atoms with E-state index < -0.39 is 11.7 Å². The largest absolute Gasteiger partial charge is 0.493 e. The molecule has 1 heterocycles. The van der Waals surface area contributed by atoms with Crippen molar-refractivity contribution in [2.24, 2.45) is 0 Å². The van der Waals surface area contributed by atoms with Crippen LogP contribution in [0.4, 0.5) is 4.39 Å². The van der Waals surface area contributed by atoms with Crippen molar-refractivity contribution in [1.82, 2.24) is 14.9 Å². The van der Waals surface area contributed by atoms with E-state index in [1.165, 1.54) is 12.1 Å². The van der Waals surface area contributed by atoms with Crippen LogP contribution in [0.5, 0.6) is 11.5 Å². The van der Waals surface area contributed by atoms with E-state index in [1.54, 1.807) is 19.2 Å². The fourth-order valence-electron chi connectivity index (χ4n) is 3.78. The summed E-state index contributed by atoms with van der Waals surface area (Å²) >= 11 is 0. The zero-order chi connectivity index (χ0) is 23.9. The zero-order valence-corrected chi connectivity index (χ0v) is 19.0. The summed E-state index contributed by atoms with van der Waals surface area (Å²) in [7, 11) is 1.61. The van der Waals surface area contributed by atoms with Gasteiger partial charge < -0.3 is 19.4 Å². The number of ether oxygens (including phenoxy) is 2. The Morgan fingerprint density at radius 1 is 1.12 bits per heavy atom. The molecule has 4 rings (SSSR count).